The minimum atomic E-state index is 0.391. The Morgan fingerprint density at radius 1 is 1.21 bits per heavy atom. The van der Waals surface area contributed by atoms with Crippen LogP contribution in [0.15, 0.2) is 4.47 Å². The summed E-state index contributed by atoms with van der Waals surface area (Å²) in [7, 11) is 0. The van der Waals surface area contributed by atoms with E-state index in [1.54, 1.807) is 0 Å². The minimum absolute atomic E-state index is 0.391. The van der Waals surface area contributed by atoms with Gasteiger partial charge in [0.05, 0.1) is 15.9 Å². The Balaban J connectivity index is 3.00. The van der Waals surface area contributed by atoms with Crippen molar-refractivity contribution in [2.75, 3.05) is 11.9 Å². The molecule has 0 unspecified atom stereocenters. The Morgan fingerprint density at radius 2 is 1.89 bits per heavy atom. The van der Waals surface area contributed by atoms with Crippen molar-refractivity contribution < 1.29 is 0 Å². The second-order valence-corrected chi connectivity index (χ2v) is 7.49. The molecule has 0 saturated heterocycles. The summed E-state index contributed by atoms with van der Waals surface area (Å²) in [5, 5.41) is 3.98. The number of nitrogens with zero attached hydrogens (tertiary/aromatic N) is 2. The third-order valence-electron chi connectivity index (χ3n) is 2.56. The number of thioether (sulfide) groups is 1. The molecule has 5 heteroatoms. The van der Waals surface area contributed by atoms with Gasteiger partial charge in [-0.25, -0.2) is 9.97 Å². The van der Waals surface area contributed by atoms with Crippen molar-refractivity contribution in [1.29, 1.82) is 0 Å². The fourth-order valence-corrected chi connectivity index (χ4v) is 2.95. The first-order valence-corrected chi connectivity index (χ1v) is 8.71. The number of hydrogen-bond acceptors (Lipinski definition) is 4. The largest absolute Gasteiger partial charge is 0.369 e. The van der Waals surface area contributed by atoms with Gasteiger partial charge in [-0.2, -0.15) is 11.8 Å². The molecule has 3 nitrogen and oxygen atoms in total. The van der Waals surface area contributed by atoms with Crippen molar-refractivity contribution in [2.45, 2.75) is 58.0 Å². The van der Waals surface area contributed by atoms with Crippen LogP contribution in [0, 0.1) is 0 Å². The quantitative estimate of drug-likeness (QED) is 0.768. The molecule has 0 radical (unpaired) electrons. The highest BCUT2D eigenvalue weighted by atomic mass is 79.9. The van der Waals surface area contributed by atoms with E-state index in [9.17, 15) is 0 Å². The first kappa shape index (κ1) is 16.8. The van der Waals surface area contributed by atoms with Crippen molar-refractivity contribution >= 4 is 33.5 Å². The molecule has 0 amide bonds. The summed E-state index contributed by atoms with van der Waals surface area (Å²) in [4.78, 5) is 9.33. The molecule has 0 bridgehead atoms. The second-order valence-electron chi connectivity index (χ2n) is 5.13. The molecule has 1 heterocycles. The molecule has 108 valence electrons. The summed E-state index contributed by atoms with van der Waals surface area (Å²) in [6.45, 7) is 11.8. The molecule has 19 heavy (non-hydrogen) atoms. The van der Waals surface area contributed by atoms with Gasteiger partial charge >= 0.3 is 0 Å². The lowest BCUT2D eigenvalue weighted by molar-refractivity contribution is 0.790. The van der Waals surface area contributed by atoms with Gasteiger partial charge in [0.2, 0.25) is 0 Å². The van der Waals surface area contributed by atoms with Gasteiger partial charge in [-0.05, 0) is 33.5 Å². The maximum atomic E-state index is 4.69. The lowest BCUT2D eigenvalue weighted by Gasteiger charge is -2.15. The lowest BCUT2D eigenvalue weighted by atomic mass is 10.1. The summed E-state index contributed by atoms with van der Waals surface area (Å²) < 4.78 is 1.01. The molecule has 0 atom stereocenters. The van der Waals surface area contributed by atoms with Gasteiger partial charge in [-0.1, -0.05) is 34.6 Å². The topological polar surface area (TPSA) is 37.8 Å². The first-order valence-electron chi connectivity index (χ1n) is 6.87. The monoisotopic (exact) mass is 345 g/mol. The first-order chi connectivity index (χ1) is 8.95. The van der Waals surface area contributed by atoms with Crippen LogP contribution in [-0.2, 0) is 5.75 Å². The SMILES string of the molecule is CCCNc1nc(CSC(C)C)nc(C(C)C)c1Br. The van der Waals surface area contributed by atoms with Crippen molar-refractivity contribution in [2.24, 2.45) is 0 Å². The molecule has 1 aromatic heterocycles. The summed E-state index contributed by atoms with van der Waals surface area (Å²) >= 11 is 5.51. The van der Waals surface area contributed by atoms with Crippen LogP contribution >= 0.6 is 27.7 Å². The molecule has 1 rings (SSSR count). The van der Waals surface area contributed by atoms with Crippen molar-refractivity contribution in [1.82, 2.24) is 9.97 Å². The van der Waals surface area contributed by atoms with E-state index in [0.717, 1.165) is 40.5 Å². The van der Waals surface area contributed by atoms with Crippen LogP contribution in [0.5, 0.6) is 0 Å². The zero-order valence-corrected chi connectivity index (χ0v) is 14.9. The van der Waals surface area contributed by atoms with Gasteiger partial charge in [0.15, 0.2) is 0 Å². The summed E-state index contributed by atoms with van der Waals surface area (Å²) in [6, 6.07) is 0. The average molecular weight is 346 g/mol. The summed E-state index contributed by atoms with van der Waals surface area (Å²) in [5.74, 6) is 3.11. The molecule has 0 aliphatic rings. The van der Waals surface area contributed by atoms with Crippen molar-refractivity contribution in [3.05, 3.63) is 16.0 Å². The number of nitrogens with one attached hydrogen (secondary N) is 1. The maximum Gasteiger partial charge on any atom is 0.144 e. The highest BCUT2D eigenvalue weighted by molar-refractivity contribution is 9.10. The van der Waals surface area contributed by atoms with Crippen LogP contribution in [0.1, 0.15) is 58.5 Å². The van der Waals surface area contributed by atoms with E-state index in [-0.39, 0.29) is 0 Å². The molecular formula is C14H24BrN3S. The number of rotatable bonds is 7. The van der Waals surface area contributed by atoms with E-state index in [1.165, 1.54) is 0 Å². The van der Waals surface area contributed by atoms with E-state index in [0.29, 0.717) is 11.2 Å². The van der Waals surface area contributed by atoms with E-state index >= 15 is 0 Å². The highest BCUT2D eigenvalue weighted by Crippen LogP contribution is 2.30. The molecule has 0 aliphatic carbocycles. The van der Waals surface area contributed by atoms with Crippen molar-refractivity contribution in [3.63, 3.8) is 0 Å². The zero-order valence-electron chi connectivity index (χ0n) is 12.5. The van der Waals surface area contributed by atoms with Gasteiger partial charge in [-0.3, -0.25) is 0 Å². The van der Waals surface area contributed by atoms with Gasteiger partial charge in [0.1, 0.15) is 11.6 Å². The molecule has 0 spiro atoms. The number of anilines is 1. The number of aromatic nitrogens is 2. The smallest absolute Gasteiger partial charge is 0.144 e. The maximum absolute atomic E-state index is 4.69. The van der Waals surface area contributed by atoms with Gasteiger partial charge < -0.3 is 5.32 Å². The van der Waals surface area contributed by atoms with E-state index < -0.39 is 0 Å². The summed E-state index contributed by atoms with van der Waals surface area (Å²) in [5.41, 5.74) is 1.09. The highest BCUT2D eigenvalue weighted by Gasteiger charge is 2.15. The fraction of sp³-hybridized carbons (Fsp3) is 0.714. The van der Waals surface area contributed by atoms with E-state index in [1.807, 2.05) is 11.8 Å². The molecule has 0 fully saturated rings. The predicted molar refractivity (Wildman–Crippen MR) is 89.0 cm³/mol. The predicted octanol–water partition coefficient (Wildman–Crippen LogP) is 4.83. The Kier molecular flexibility index (Phi) is 7.15. The minimum Gasteiger partial charge on any atom is -0.369 e. The van der Waals surface area contributed by atoms with Gasteiger partial charge in [0, 0.05) is 6.54 Å². The van der Waals surface area contributed by atoms with Crippen LogP contribution in [0.3, 0.4) is 0 Å². The van der Waals surface area contributed by atoms with Crippen LogP contribution in [0.25, 0.3) is 0 Å². The van der Waals surface area contributed by atoms with Crippen LogP contribution < -0.4 is 5.32 Å². The van der Waals surface area contributed by atoms with Gasteiger partial charge in [0.25, 0.3) is 0 Å². The normalized spacial score (nSPS) is 11.4. The Labute approximate surface area is 129 Å². The molecule has 1 N–H and O–H groups in total. The van der Waals surface area contributed by atoms with Crippen molar-refractivity contribution in [3.8, 4) is 0 Å². The second kappa shape index (κ2) is 8.10. The molecular weight excluding hydrogens is 322 g/mol. The number of hydrogen-bond donors (Lipinski definition) is 1. The average Bonchev–Trinajstić information content (AvgIpc) is 2.35. The number of halogens is 1. The Hall–Kier alpha value is -0.290. The zero-order chi connectivity index (χ0) is 14.4. The molecule has 0 aromatic carbocycles. The van der Waals surface area contributed by atoms with Crippen LogP contribution in [0.4, 0.5) is 5.82 Å². The Bertz CT molecular complexity index is 408. The third-order valence-corrected chi connectivity index (χ3v) is 4.43. The Morgan fingerprint density at radius 3 is 2.42 bits per heavy atom. The standard InChI is InChI=1S/C14H24BrN3S/c1-6-7-16-14-12(15)13(9(2)3)17-11(18-14)8-19-10(4)5/h9-10H,6-8H2,1-5H3,(H,16,17,18). The molecule has 1 aromatic rings. The fourth-order valence-electron chi connectivity index (χ4n) is 1.56. The molecule has 0 aliphatic heterocycles. The van der Waals surface area contributed by atoms with E-state index in [4.69, 9.17) is 4.98 Å². The van der Waals surface area contributed by atoms with E-state index in [2.05, 4.69) is 60.8 Å². The van der Waals surface area contributed by atoms with Gasteiger partial charge in [-0.15, -0.1) is 0 Å². The molecule has 0 saturated carbocycles. The lowest BCUT2D eigenvalue weighted by Crippen LogP contribution is -2.10. The van der Waals surface area contributed by atoms with Crippen LogP contribution in [0.2, 0.25) is 0 Å². The summed E-state index contributed by atoms with van der Waals surface area (Å²) in [6.07, 6.45) is 1.09. The third kappa shape index (κ3) is 5.30. The van der Waals surface area contributed by atoms with Crippen LogP contribution in [-0.4, -0.2) is 21.8 Å².